The molecule has 2 N–H and O–H groups in total. The second-order valence-electron chi connectivity index (χ2n) is 12.6. The van der Waals surface area contributed by atoms with Gasteiger partial charge in [0.15, 0.2) is 0 Å². The highest BCUT2D eigenvalue weighted by molar-refractivity contribution is 9.11. The largest absolute Gasteiger partial charge is 0.354 e. The van der Waals surface area contributed by atoms with Crippen molar-refractivity contribution in [1.82, 2.24) is 19.9 Å². The Hall–Kier alpha value is -3.22. The number of hydrogen-bond donors (Lipinski definition) is 2. The fourth-order valence-corrected chi connectivity index (χ4v) is 5.96. The minimum Gasteiger partial charge on any atom is -0.354 e. The van der Waals surface area contributed by atoms with Crippen molar-refractivity contribution in [2.75, 3.05) is 0 Å². The predicted molar refractivity (Wildman–Crippen MR) is 177 cm³/mol. The van der Waals surface area contributed by atoms with E-state index in [1.165, 1.54) is 16.7 Å². The number of nitrogens with one attached hydrogen (secondary N) is 2. The van der Waals surface area contributed by atoms with Gasteiger partial charge in [0.2, 0.25) is 0 Å². The van der Waals surface area contributed by atoms with Crippen molar-refractivity contribution in [2.24, 2.45) is 0 Å². The van der Waals surface area contributed by atoms with Crippen molar-refractivity contribution in [3.05, 3.63) is 91.4 Å². The Morgan fingerprint density at radius 2 is 1.18 bits per heavy atom. The molecule has 0 saturated carbocycles. The van der Waals surface area contributed by atoms with Gasteiger partial charge in [-0.3, -0.25) is 0 Å². The number of fused-ring (bicyclic) bond motifs is 8. The van der Waals surface area contributed by atoms with Crippen LogP contribution in [0.25, 0.3) is 57.5 Å². The Balaban J connectivity index is 1.71. The number of H-pyrrole nitrogens is 2. The molecule has 2 aliphatic heterocycles. The van der Waals surface area contributed by atoms with Crippen LogP contribution in [0.1, 0.15) is 75.4 Å². The van der Waals surface area contributed by atoms with Gasteiger partial charge in [-0.15, -0.1) is 0 Å². The standard InChI is InChI=1S/C34H32Br2N4/c1-33(2,3)20-13-19(14-21(15-20)34(4,5)6)26-18-25-17-24-8-11-28(38-24)30(35)27-10-7-22(37-27)16-23-9-12-29(39-23)31(36)32(26)40-25/h7-18,37,40H,1-6H3. The molecule has 6 rings (SSSR count). The summed E-state index contributed by atoms with van der Waals surface area (Å²) in [5.74, 6) is 0. The third-order valence-electron chi connectivity index (χ3n) is 7.36. The molecule has 2 aliphatic rings. The van der Waals surface area contributed by atoms with Crippen molar-refractivity contribution in [2.45, 2.75) is 52.4 Å². The van der Waals surface area contributed by atoms with Crippen LogP contribution >= 0.6 is 31.9 Å². The lowest BCUT2D eigenvalue weighted by Crippen LogP contribution is -2.16. The van der Waals surface area contributed by atoms with Gasteiger partial charge in [-0.25, -0.2) is 9.97 Å². The van der Waals surface area contributed by atoms with Crippen molar-refractivity contribution in [3.63, 3.8) is 0 Å². The summed E-state index contributed by atoms with van der Waals surface area (Å²) in [6, 6.07) is 17.5. The molecule has 0 radical (unpaired) electrons. The fraction of sp³-hybridized carbons (Fsp3) is 0.235. The van der Waals surface area contributed by atoms with E-state index in [9.17, 15) is 0 Å². The lowest BCUT2D eigenvalue weighted by Gasteiger charge is -2.26. The highest BCUT2D eigenvalue weighted by Gasteiger charge is 2.22. The number of benzene rings is 1. The SMILES string of the molecule is CC(C)(C)c1cc(-c2cc3cc4nc(c(Br)c5ccc(cc6nc(c(Br)c2[nH]3)C=C6)[nH]5)C=C4)cc(C(C)(C)C)c1. The van der Waals surface area contributed by atoms with E-state index in [1.54, 1.807) is 0 Å². The molecule has 3 aromatic heterocycles. The molecule has 0 saturated heterocycles. The second kappa shape index (κ2) is 9.71. The van der Waals surface area contributed by atoms with Gasteiger partial charge in [0.25, 0.3) is 0 Å². The summed E-state index contributed by atoms with van der Waals surface area (Å²) < 4.78 is 1.85. The summed E-state index contributed by atoms with van der Waals surface area (Å²) in [7, 11) is 0. The van der Waals surface area contributed by atoms with Gasteiger partial charge >= 0.3 is 0 Å². The summed E-state index contributed by atoms with van der Waals surface area (Å²) in [5, 5.41) is 0. The smallest absolute Gasteiger partial charge is 0.0801 e. The van der Waals surface area contributed by atoms with Crippen LogP contribution in [0, 0.1) is 0 Å². The number of rotatable bonds is 1. The Morgan fingerprint density at radius 1 is 0.600 bits per heavy atom. The Bertz CT molecular complexity index is 1860. The quantitative estimate of drug-likeness (QED) is 0.185. The zero-order valence-electron chi connectivity index (χ0n) is 23.6. The summed E-state index contributed by atoms with van der Waals surface area (Å²) in [4.78, 5) is 17.0. The van der Waals surface area contributed by atoms with Gasteiger partial charge in [-0.1, -0.05) is 59.7 Å². The minimum atomic E-state index is 0.0175. The van der Waals surface area contributed by atoms with Crippen LogP contribution in [0.15, 0.2) is 57.5 Å². The van der Waals surface area contributed by atoms with E-state index in [-0.39, 0.29) is 10.8 Å². The first-order valence-electron chi connectivity index (χ1n) is 13.5. The van der Waals surface area contributed by atoms with Gasteiger partial charge < -0.3 is 9.97 Å². The Kier molecular flexibility index (Phi) is 6.54. The highest BCUT2D eigenvalue weighted by Crippen LogP contribution is 2.38. The van der Waals surface area contributed by atoms with Crippen molar-refractivity contribution in [1.29, 1.82) is 0 Å². The van der Waals surface area contributed by atoms with Crippen molar-refractivity contribution in [3.8, 4) is 11.1 Å². The maximum absolute atomic E-state index is 4.95. The van der Waals surface area contributed by atoms with Crippen molar-refractivity contribution < 1.29 is 0 Å². The molecule has 202 valence electrons. The molecular formula is C34H32Br2N4. The minimum absolute atomic E-state index is 0.0175. The topological polar surface area (TPSA) is 57.4 Å². The normalized spacial score (nSPS) is 13.3. The zero-order valence-corrected chi connectivity index (χ0v) is 26.8. The van der Waals surface area contributed by atoms with Gasteiger partial charge in [0, 0.05) is 16.6 Å². The number of hydrogen-bond acceptors (Lipinski definition) is 2. The van der Waals surface area contributed by atoms with Crippen LogP contribution in [-0.2, 0) is 10.8 Å². The van der Waals surface area contributed by atoms with E-state index < -0.39 is 0 Å². The van der Waals surface area contributed by atoms with E-state index >= 15 is 0 Å². The van der Waals surface area contributed by atoms with Gasteiger partial charge in [0.1, 0.15) is 0 Å². The number of aromatic amines is 2. The predicted octanol–water partition coefficient (Wildman–Crippen LogP) is 10.4. The number of halogens is 2. The molecule has 0 spiro atoms. The monoisotopic (exact) mass is 654 g/mol. The van der Waals surface area contributed by atoms with Crippen LogP contribution < -0.4 is 0 Å². The first-order chi connectivity index (χ1) is 18.8. The lowest BCUT2D eigenvalue weighted by atomic mass is 9.79. The van der Waals surface area contributed by atoms with Crippen LogP contribution in [0.5, 0.6) is 0 Å². The van der Waals surface area contributed by atoms with E-state index in [1.807, 2.05) is 18.2 Å². The third-order valence-corrected chi connectivity index (χ3v) is 8.99. The average Bonchev–Trinajstić information content (AvgIpc) is 3.69. The molecule has 4 nitrogen and oxygen atoms in total. The first-order valence-corrected chi connectivity index (χ1v) is 15.1. The summed E-state index contributed by atoms with van der Waals surface area (Å²) in [5.41, 5.74) is 12.5. The molecule has 0 fully saturated rings. The third kappa shape index (κ3) is 5.15. The van der Waals surface area contributed by atoms with Crippen molar-refractivity contribution >= 4 is 78.2 Å². The van der Waals surface area contributed by atoms with Crippen LogP contribution in [0.2, 0.25) is 0 Å². The van der Waals surface area contributed by atoms with Gasteiger partial charge in [-0.05, 0) is 114 Å². The fourth-order valence-electron chi connectivity index (χ4n) is 4.97. The maximum atomic E-state index is 4.95. The van der Waals surface area contributed by atoms with Crippen LogP contribution in [-0.4, -0.2) is 19.9 Å². The summed E-state index contributed by atoms with van der Waals surface area (Å²) >= 11 is 7.69. The molecule has 5 heterocycles. The lowest BCUT2D eigenvalue weighted by molar-refractivity contribution is 0.569. The van der Waals surface area contributed by atoms with Gasteiger partial charge in [0.05, 0.1) is 42.8 Å². The van der Waals surface area contributed by atoms with E-state index in [0.29, 0.717) is 0 Å². The molecule has 6 heteroatoms. The van der Waals surface area contributed by atoms with Crippen LogP contribution in [0.3, 0.4) is 0 Å². The summed E-state index contributed by atoms with van der Waals surface area (Å²) in [6.07, 6.45) is 8.20. The highest BCUT2D eigenvalue weighted by atomic mass is 79.9. The molecule has 0 amide bonds. The molecule has 0 atom stereocenters. The number of nitrogens with zero attached hydrogens (tertiary/aromatic N) is 2. The molecular weight excluding hydrogens is 624 g/mol. The Labute approximate surface area is 252 Å². The molecule has 4 aromatic rings. The molecule has 40 heavy (non-hydrogen) atoms. The molecule has 8 bridgehead atoms. The second-order valence-corrected chi connectivity index (χ2v) is 14.2. The summed E-state index contributed by atoms with van der Waals surface area (Å²) in [6.45, 7) is 13.6. The van der Waals surface area contributed by atoms with Gasteiger partial charge in [-0.2, -0.15) is 0 Å². The molecule has 1 aromatic carbocycles. The molecule has 0 aliphatic carbocycles. The van der Waals surface area contributed by atoms with E-state index in [0.717, 1.165) is 59.4 Å². The zero-order chi connectivity index (χ0) is 28.4. The maximum Gasteiger partial charge on any atom is 0.0801 e. The first kappa shape index (κ1) is 27.0. The van der Waals surface area contributed by atoms with E-state index in [2.05, 4.69) is 138 Å². The number of aromatic nitrogens is 4. The molecule has 0 unspecified atom stereocenters. The van der Waals surface area contributed by atoms with Crippen LogP contribution in [0.4, 0.5) is 0 Å². The van der Waals surface area contributed by atoms with E-state index in [4.69, 9.17) is 9.97 Å². The average molecular weight is 656 g/mol. The Morgan fingerprint density at radius 3 is 1.77 bits per heavy atom.